The number of fused-ring (bicyclic) bond motifs is 1. The molecule has 1 unspecified atom stereocenters. The van der Waals surface area contributed by atoms with E-state index in [2.05, 4.69) is 74.7 Å². The van der Waals surface area contributed by atoms with Crippen molar-refractivity contribution < 1.29 is 0 Å². The molecule has 33 heavy (non-hydrogen) atoms. The van der Waals surface area contributed by atoms with E-state index in [1.807, 2.05) is 12.1 Å². The molecule has 1 heterocycles. The third-order valence-electron chi connectivity index (χ3n) is 6.68. The van der Waals surface area contributed by atoms with Gasteiger partial charge in [0.1, 0.15) is 0 Å². The molecule has 4 heteroatoms. The van der Waals surface area contributed by atoms with Crippen molar-refractivity contribution in [2.24, 2.45) is 17.1 Å². The van der Waals surface area contributed by atoms with E-state index in [1.54, 1.807) is 0 Å². The number of nitrogens with two attached hydrogens (primary N) is 1. The summed E-state index contributed by atoms with van der Waals surface area (Å²) in [5.41, 5.74) is 13.9. The zero-order valence-electron chi connectivity index (χ0n) is 20.4. The number of benzene rings is 1. The van der Waals surface area contributed by atoms with Crippen molar-refractivity contribution in [1.82, 2.24) is 10.3 Å². The molecule has 2 aromatic rings. The van der Waals surface area contributed by atoms with E-state index >= 15 is 0 Å². The summed E-state index contributed by atoms with van der Waals surface area (Å²) in [5, 5.41) is 12.8. The Balaban J connectivity index is 0.000000968. The standard InChI is InChI=1S/C27H33N3.C2H5N/c1-17-14-27(4,5)15-24-25(17)18(2)26(30-24)19(3)29-23(13-10-20-6-7-20)22-11-8-21(16-28)9-12-22;1-2-3/h8-9,11-12,20,23,29-30H,1,3,6-7,10,13-15H2,2,4-5H3;2H,1,3H2. The summed E-state index contributed by atoms with van der Waals surface area (Å²) in [4.78, 5) is 3.67. The number of hydrogen-bond acceptors (Lipinski definition) is 3. The van der Waals surface area contributed by atoms with Gasteiger partial charge in [-0.05, 0) is 79.0 Å². The van der Waals surface area contributed by atoms with Gasteiger partial charge in [0.25, 0.3) is 0 Å². The molecular weight excluding hydrogens is 404 g/mol. The van der Waals surface area contributed by atoms with Crippen LogP contribution in [-0.4, -0.2) is 4.98 Å². The van der Waals surface area contributed by atoms with Crippen LogP contribution in [-0.2, 0) is 6.42 Å². The quantitative estimate of drug-likeness (QED) is 0.443. The van der Waals surface area contributed by atoms with Gasteiger partial charge in [-0.3, -0.25) is 0 Å². The third kappa shape index (κ3) is 5.99. The van der Waals surface area contributed by atoms with Crippen LogP contribution in [0.1, 0.15) is 85.6 Å². The maximum Gasteiger partial charge on any atom is 0.0991 e. The maximum absolute atomic E-state index is 9.12. The summed E-state index contributed by atoms with van der Waals surface area (Å²) in [6, 6.07) is 10.4. The predicted octanol–water partition coefficient (Wildman–Crippen LogP) is 6.76. The molecule has 0 bridgehead atoms. The Morgan fingerprint density at radius 3 is 2.52 bits per heavy atom. The monoisotopic (exact) mass is 442 g/mol. The molecule has 1 fully saturated rings. The van der Waals surface area contributed by atoms with Crippen molar-refractivity contribution >= 4 is 11.3 Å². The number of nitriles is 1. The van der Waals surface area contributed by atoms with Crippen LogP contribution in [0.3, 0.4) is 0 Å². The molecule has 0 saturated heterocycles. The fourth-order valence-corrected chi connectivity index (χ4v) is 4.98. The van der Waals surface area contributed by atoms with E-state index < -0.39 is 0 Å². The molecule has 4 rings (SSSR count). The smallest absolute Gasteiger partial charge is 0.0991 e. The van der Waals surface area contributed by atoms with Crippen molar-refractivity contribution in [1.29, 1.82) is 5.26 Å². The molecule has 174 valence electrons. The SMILES string of the molecule is C=C(NC(CCC1CC1)c1ccc(C#N)cc1)c1[nH]c2c(c1C)C(=C)CC(C)(C)C2.C=CN. The van der Waals surface area contributed by atoms with E-state index in [0.29, 0.717) is 5.56 Å². The molecule has 0 aliphatic heterocycles. The molecule has 0 amide bonds. The van der Waals surface area contributed by atoms with Crippen molar-refractivity contribution in [2.75, 3.05) is 0 Å². The van der Waals surface area contributed by atoms with Crippen LogP contribution in [0.2, 0.25) is 0 Å². The Bertz CT molecular complexity index is 1060. The van der Waals surface area contributed by atoms with E-state index in [9.17, 15) is 0 Å². The molecule has 0 radical (unpaired) electrons. The molecule has 1 aromatic heterocycles. The Morgan fingerprint density at radius 1 is 1.30 bits per heavy atom. The number of H-pyrrole nitrogens is 1. The second kappa shape index (κ2) is 10.2. The van der Waals surface area contributed by atoms with E-state index in [4.69, 9.17) is 5.26 Å². The molecule has 1 aromatic carbocycles. The number of hydrogen-bond donors (Lipinski definition) is 3. The number of allylic oxidation sites excluding steroid dienone is 1. The Labute approximate surface area is 199 Å². The normalized spacial score (nSPS) is 17.1. The maximum atomic E-state index is 9.12. The number of aromatic amines is 1. The average molecular weight is 443 g/mol. The average Bonchev–Trinajstić information content (AvgIpc) is 3.53. The van der Waals surface area contributed by atoms with Gasteiger partial charge >= 0.3 is 0 Å². The third-order valence-corrected chi connectivity index (χ3v) is 6.68. The Morgan fingerprint density at radius 2 is 1.94 bits per heavy atom. The van der Waals surface area contributed by atoms with Gasteiger partial charge in [-0.25, -0.2) is 0 Å². The largest absolute Gasteiger partial charge is 0.405 e. The van der Waals surface area contributed by atoms with Gasteiger partial charge in [-0.15, -0.1) is 0 Å². The predicted molar refractivity (Wildman–Crippen MR) is 139 cm³/mol. The summed E-state index contributed by atoms with van der Waals surface area (Å²) in [7, 11) is 0. The minimum atomic E-state index is 0.199. The number of rotatable bonds is 7. The van der Waals surface area contributed by atoms with Gasteiger partial charge < -0.3 is 16.0 Å². The first-order chi connectivity index (χ1) is 15.7. The highest BCUT2D eigenvalue weighted by Gasteiger charge is 2.31. The lowest BCUT2D eigenvalue weighted by Gasteiger charge is -2.31. The lowest BCUT2D eigenvalue weighted by molar-refractivity contribution is 0.362. The van der Waals surface area contributed by atoms with Crippen molar-refractivity contribution in [3.63, 3.8) is 0 Å². The topological polar surface area (TPSA) is 77.6 Å². The fourth-order valence-electron chi connectivity index (χ4n) is 4.98. The van der Waals surface area contributed by atoms with Gasteiger partial charge in [0.2, 0.25) is 0 Å². The summed E-state index contributed by atoms with van der Waals surface area (Å²) in [6.07, 6.45) is 8.36. The minimum absolute atomic E-state index is 0.199. The Kier molecular flexibility index (Phi) is 7.53. The Hall–Kier alpha value is -3.19. The summed E-state index contributed by atoms with van der Waals surface area (Å²) < 4.78 is 0. The number of nitrogens with one attached hydrogen (secondary N) is 2. The van der Waals surface area contributed by atoms with Gasteiger partial charge in [-0.1, -0.05) is 58.6 Å². The lowest BCUT2D eigenvalue weighted by atomic mass is 9.74. The highest BCUT2D eigenvalue weighted by Crippen LogP contribution is 2.43. The zero-order chi connectivity index (χ0) is 24.2. The van der Waals surface area contributed by atoms with Crippen LogP contribution in [0, 0.1) is 29.6 Å². The van der Waals surface area contributed by atoms with E-state index in [-0.39, 0.29) is 11.5 Å². The first-order valence-corrected chi connectivity index (χ1v) is 11.9. The van der Waals surface area contributed by atoms with Crippen LogP contribution in [0.5, 0.6) is 0 Å². The molecule has 1 saturated carbocycles. The summed E-state index contributed by atoms with van der Waals surface area (Å²) in [6.45, 7) is 18.7. The summed E-state index contributed by atoms with van der Waals surface area (Å²) in [5.74, 6) is 0.881. The van der Waals surface area contributed by atoms with Gasteiger partial charge in [0.05, 0.1) is 29.1 Å². The minimum Gasteiger partial charge on any atom is -0.405 e. The molecular formula is C29H38N4. The van der Waals surface area contributed by atoms with Crippen LogP contribution < -0.4 is 11.1 Å². The molecule has 2 aliphatic rings. The zero-order valence-corrected chi connectivity index (χ0v) is 20.4. The van der Waals surface area contributed by atoms with Gasteiger partial charge in [0, 0.05) is 11.3 Å². The second-order valence-corrected chi connectivity index (χ2v) is 10.3. The highest BCUT2D eigenvalue weighted by molar-refractivity contribution is 5.77. The van der Waals surface area contributed by atoms with Crippen LogP contribution in [0.4, 0.5) is 0 Å². The molecule has 0 spiro atoms. The van der Waals surface area contributed by atoms with E-state index in [1.165, 1.54) is 53.4 Å². The molecule has 4 N–H and O–H groups in total. The van der Waals surface area contributed by atoms with Crippen LogP contribution in [0.15, 0.2) is 50.2 Å². The molecule has 1 atom stereocenters. The molecule has 4 nitrogen and oxygen atoms in total. The lowest BCUT2D eigenvalue weighted by Crippen LogP contribution is -2.21. The van der Waals surface area contributed by atoms with Crippen molar-refractivity contribution in [2.45, 2.75) is 65.3 Å². The van der Waals surface area contributed by atoms with E-state index in [0.717, 1.165) is 36.6 Å². The first-order valence-electron chi connectivity index (χ1n) is 11.9. The molecule has 2 aliphatic carbocycles. The van der Waals surface area contributed by atoms with Gasteiger partial charge in [-0.2, -0.15) is 5.26 Å². The fraction of sp³-hybridized carbons (Fsp3) is 0.414. The highest BCUT2D eigenvalue weighted by atomic mass is 15.0. The van der Waals surface area contributed by atoms with Crippen LogP contribution in [0.25, 0.3) is 11.3 Å². The number of nitrogens with zero attached hydrogens (tertiary/aromatic N) is 1. The number of aromatic nitrogens is 1. The van der Waals surface area contributed by atoms with Crippen molar-refractivity contribution in [3.05, 3.63) is 83.8 Å². The van der Waals surface area contributed by atoms with Gasteiger partial charge in [0.15, 0.2) is 0 Å². The second-order valence-electron chi connectivity index (χ2n) is 10.3. The van der Waals surface area contributed by atoms with Crippen LogP contribution >= 0.6 is 0 Å². The van der Waals surface area contributed by atoms with Crippen molar-refractivity contribution in [3.8, 4) is 6.07 Å². The first kappa shape index (κ1) is 24.5. The summed E-state index contributed by atoms with van der Waals surface area (Å²) >= 11 is 0.